The fourth-order valence-electron chi connectivity index (χ4n) is 3.94. The van der Waals surface area contributed by atoms with Gasteiger partial charge in [-0.2, -0.15) is 0 Å². The minimum Gasteiger partial charge on any atom is -0.497 e. The van der Waals surface area contributed by atoms with Crippen LogP contribution in [-0.4, -0.2) is 49.1 Å². The molecule has 0 radical (unpaired) electrons. The highest BCUT2D eigenvalue weighted by Crippen LogP contribution is 2.29. The highest BCUT2D eigenvalue weighted by molar-refractivity contribution is 5.98. The number of aryl methyl sites for hydroxylation is 1. The van der Waals surface area contributed by atoms with Crippen molar-refractivity contribution in [3.8, 4) is 5.75 Å². The Morgan fingerprint density at radius 1 is 1.14 bits per heavy atom. The SMILES string of the molecule is CCc1cccc(N)c1N1CCN(C(=O)c2cc3cc(OC)ccc3[nH]2)CC1. The molecule has 4 rings (SSSR count). The number of nitrogens with one attached hydrogen (secondary N) is 1. The summed E-state index contributed by atoms with van der Waals surface area (Å²) in [7, 11) is 1.64. The lowest BCUT2D eigenvalue weighted by Gasteiger charge is -2.37. The van der Waals surface area contributed by atoms with Crippen molar-refractivity contribution < 1.29 is 9.53 Å². The molecule has 28 heavy (non-hydrogen) atoms. The summed E-state index contributed by atoms with van der Waals surface area (Å²) in [5.41, 5.74) is 11.0. The second-order valence-electron chi connectivity index (χ2n) is 7.12. The fourth-order valence-corrected chi connectivity index (χ4v) is 3.94. The molecule has 0 bridgehead atoms. The maximum atomic E-state index is 13.0. The van der Waals surface area contributed by atoms with E-state index in [-0.39, 0.29) is 5.91 Å². The number of para-hydroxylation sites is 1. The lowest BCUT2D eigenvalue weighted by molar-refractivity contribution is 0.0742. The minimum absolute atomic E-state index is 0.0339. The van der Waals surface area contributed by atoms with Crippen molar-refractivity contribution >= 4 is 28.2 Å². The molecule has 0 spiro atoms. The van der Waals surface area contributed by atoms with Crippen LogP contribution in [0.2, 0.25) is 0 Å². The Morgan fingerprint density at radius 2 is 1.93 bits per heavy atom. The number of carbonyl (C=O) groups excluding carboxylic acids is 1. The van der Waals surface area contributed by atoms with Crippen LogP contribution in [0.15, 0.2) is 42.5 Å². The molecule has 1 aliphatic rings. The van der Waals surface area contributed by atoms with E-state index in [1.807, 2.05) is 41.3 Å². The van der Waals surface area contributed by atoms with E-state index in [0.29, 0.717) is 18.8 Å². The van der Waals surface area contributed by atoms with Gasteiger partial charge in [-0.3, -0.25) is 4.79 Å². The maximum Gasteiger partial charge on any atom is 0.270 e. The van der Waals surface area contributed by atoms with Crippen molar-refractivity contribution in [2.75, 3.05) is 43.9 Å². The molecular formula is C22H26N4O2. The van der Waals surface area contributed by atoms with Gasteiger partial charge in [-0.1, -0.05) is 19.1 Å². The highest BCUT2D eigenvalue weighted by atomic mass is 16.5. The van der Waals surface area contributed by atoms with Gasteiger partial charge < -0.3 is 25.3 Å². The molecule has 0 unspecified atom stereocenters. The van der Waals surface area contributed by atoms with E-state index in [1.54, 1.807) is 7.11 Å². The molecule has 2 aromatic carbocycles. The van der Waals surface area contributed by atoms with Gasteiger partial charge in [0.05, 0.1) is 18.5 Å². The van der Waals surface area contributed by atoms with E-state index in [1.165, 1.54) is 5.56 Å². The molecule has 3 aromatic rings. The van der Waals surface area contributed by atoms with E-state index in [2.05, 4.69) is 22.9 Å². The lowest BCUT2D eigenvalue weighted by atomic mass is 10.1. The van der Waals surface area contributed by atoms with Crippen molar-refractivity contribution in [3.05, 3.63) is 53.7 Å². The van der Waals surface area contributed by atoms with Gasteiger partial charge in [0.25, 0.3) is 5.91 Å². The Balaban J connectivity index is 1.49. The number of nitrogens with zero attached hydrogens (tertiary/aromatic N) is 2. The number of aromatic nitrogens is 1. The number of benzene rings is 2. The van der Waals surface area contributed by atoms with Crippen molar-refractivity contribution in [1.82, 2.24) is 9.88 Å². The van der Waals surface area contributed by atoms with Gasteiger partial charge in [-0.05, 0) is 42.3 Å². The third-order valence-corrected chi connectivity index (χ3v) is 5.47. The number of fused-ring (bicyclic) bond motifs is 1. The topological polar surface area (TPSA) is 74.6 Å². The molecule has 1 aliphatic heterocycles. The third kappa shape index (κ3) is 3.26. The molecule has 1 amide bonds. The van der Waals surface area contributed by atoms with Crippen LogP contribution in [0.1, 0.15) is 23.0 Å². The molecule has 0 aliphatic carbocycles. The van der Waals surface area contributed by atoms with Gasteiger partial charge in [-0.25, -0.2) is 0 Å². The molecule has 3 N–H and O–H groups in total. The van der Waals surface area contributed by atoms with Crippen molar-refractivity contribution in [3.63, 3.8) is 0 Å². The van der Waals surface area contributed by atoms with Gasteiger partial charge in [0.2, 0.25) is 0 Å². The number of nitrogens with two attached hydrogens (primary N) is 1. The zero-order valence-electron chi connectivity index (χ0n) is 16.4. The van der Waals surface area contributed by atoms with Crippen LogP contribution in [0.5, 0.6) is 5.75 Å². The Bertz CT molecular complexity index is 1000. The van der Waals surface area contributed by atoms with Crippen LogP contribution >= 0.6 is 0 Å². The van der Waals surface area contributed by atoms with Crippen molar-refractivity contribution in [2.45, 2.75) is 13.3 Å². The molecule has 1 fully saturated rings. The van der Waals surface area contributed by atoms with Crippen molar-refractivity contribution in [1.29, 1.82) is 0 Å². The van der Waals surface area contributed by atoms with Crippen LogP contribution in [-0.2, 0) is 6.42 Å². The number of piperazine rings is 1. The average Bonchev–Trinajstić information content (AvgIpc) is 3.16. The standard InChI is InChI=1S/C22H26N4O2/c1-3-15-5-4-6-18(23)21(15)25-9-11-26(12-10-25)22(27)20-14-16-13-17(28-2)7-8-19(16)24-20/h4-8,13-14,24H,3,9-12,23H2,1-2H3. The summed E-state index contributed by atoms with van der Waals surface area (Å²) in [6.45, 7) is 5.05. The smallest absolute Gasteiger partial charge is 0.270 e. The monoisotopic (exact) mass is 378 g/mol. The predicted molar refractivity (Wildman–Crippen MR) is 113 cm³/mol. The zero-order valence-corrected chi connectivity index (χ0v) is 16.4. The number of H-pyrrole nitrogens is 1. The Morgan fingerprint density at radius 3 is 2.64 bits per heavy atom. The van der Waals surface area contributed by atoms with Gasteiger partial charge in [0.1, 0.15) is 11.4 Å². The molecular weight excluding hydrogens is 352 g/mol. The fraction of sp³-hybridized carbons (Fsp3) is 0.318. The van der Waals surface area contributed by atoms with Crippen molar-refractivity contribution in [2.24, 2.45) is 0 Å². The van der Waals surface area contributed by atoms with Gasteiger partial charge >= 0.3 is 0 Å². The van der Waals surface area contributed by atoms with E-state index in [0.717, 1.165) is 47.5 Å². The van der Waals surface area contributed by atoms with Gasteiger partial charge in [-0.15, -0.1) is 0 Å². The second-order valence-corrected chi connectivity index (χ2v) is 7.12. The number of ether oxygens (including phenoxy) is 1. The Kier molecular flexibility index (Phi) is 4.86. The van der Waals surface area contributed by atoms with Crippen LogP contribution in [0.4, 0.5) is 11.4 Å². The summed E-state index contributed by atoms with van der Waals surface area (Å²) in [6.07, 6.45) is 0.943. The summed E-state index contributed by atoms with van der Waals surface area (Å²) in [5, 5.41) is 0.978. The number of amides is 1. The van der Waals surface area contributed by atoms with E-state index in [9.17, 15) is 4.79 Å². The average molecular weight is 378 g/mol. The number of methoxy groups -OCH3 is 1. The summed E-state index contributed by atoms with van der Waals surface area (Å²) in [6, 6.07) is 13.7. The quantitative estimate of drug-likeness (QED) is 0.683. The van der Waals surface area contributed by atoms with Crippen LogP contribution < -0.4 is 15.4 Å². The molecule has 146 valence electrons. The minimum atomic E-state index is 0.0339. The highest BCUT2D eigenvalue weighted by Gasteiger charge is 2.25. The first-order chi connectivity index (χ1) is 13.6. The maximum absolute atomic E-state index is 13.0. The number of nitrogen functional groups attached to an aromatic ring is 1. The van der Waals surface area contributed by atoms with Gasteiger partial charge in [0.15, 0.2) is 0 Å². The normalized spacial score (nSPS) is 14.5. The third-order valence-electron chi connectivity index (χ3n) is 5.47. The number of rotatable bonds is 4. The summed E-state index contributed by atoms with van der Waals surface area (Å²) in [5.74, 6) is 0.817. The number of hydrogen-bond acceptors (Lipinski definition) is 4. The Hall–Kier alpha value is -3.15. The molecule has 1 aromatic heterocycles. The predicted octanol–water partition coefficient (Wildman–Crippen LogP) is 3.28. The van der Waals surface area contributed by atoms with E-state index in [4.69, 9.17) is 10.5 Å². The van der Waals surface area contributed by atoms with Gasteiger partial charge in [0, 0.05) is 37.1 Å². The first kappa shape index (κ1) is 18.2. The molecule has 6 nitrogen and oxygen atoms in total. The molecule has 2 heterocycles. The first-order valence-corrected chi connectivity index (χ1v) is 9.69. The first-order valence-electron chi connectivity index (χ1n) is 9.69. The Labute approximate surface area is 164 Å². The number of aromatic amines is 1. The lowest BCUT2D eigenvalue weighted by Crippen LogP contribution is -2.49. The van der Waals surface area contributed by atoms with Crippen LogP contribution in [0, 0.1) is 0 Å². The molecule has 0 saturated carbocycles. The summed E-state index contributed by atoms with van der Waals surface area (Å²) >= 11 is 0. The molecule has 0 atom stereocenters. The molecule has 1 saturated heterocycles. The second kappa shape index (κ2) is 7.46. The number of anilines is 2. The largest absolute Gasteiger partial charge is 0.497 e. The zero-order chi connectivity index (χ0) is 19.7. The van der Waals surface area contributed by atoms with Crippen LogP contribution in [0.3, 0.4) is 0 Å². The van der Waals surface area contributed by atoms with E-state index < -0.39 is 0 Å². The summed E-state index contributed by atoms with van der Waals surface area (Å²) < 4.78 is 5.27. The number of hydrogen-bond donors (Lipinski definition) is 2. The number of carbonyl (C=O) groups is 1. The summed E-state index contributed by atoms with van der Waals surface area (Å²) in [4.78, 5) is 20.4. The molecule has 6 heteroatoms. The van der Waals surface area contributed by atoms with E-state index >= 15 is 0 Å². The van der Waals surface area contributed by atoms with Crippen LogP contribution in [0.25, 0.3) is 10.9 Å².